The minimum atomic E-state index is 0.225. The summed E-state index contributed by atoms with van der Waals surface area (Å²) in [6.07, 6.45) is 4.34. The van der Waals surface area contributed by atoms with Crippen molar-refractivity contribution in [3.63, 3.8) is 0 Å². The molecule has 1 aliphatic heterocycles. The molecule has 1 N–H and O–H groups in total. The number of aryl methyl sites for hydroxylation is 1. The highest BCUT2D eigenvalue weighted by atomic mass is 16.5. The van der Waals surface area contributed by atoms with Crippen LogP contribution in [-0.4, -0.2) is 36.3 Å². The van der Waals surface area contributed by atoms with E-state index in [1.807, 2.05) is 6.92 Å². The number of ether oxygens (including phenoxy) is 1. The van der Waals surface area contributed by atoms with Gasteiger partial charge in [0.15, 0.2) is 0 Å². The van der Waals surface area contributed by atoms with Gasteiger partial charge in [-0.15, -0.1) is 0 Å². The Hall–Kier alpha value is -1.06. The van der Waals surface area contributed by atoms with Crippen molar-refractivity contribution in [3.05, 3.63) is 29.3 Å². The van der Waals surface area contributed by atoms with Crippen LogP contribution in [0.4, 0.5) is 0 Å². The SMILES string of the molecule is CCOc1ccc(CC)cc1C(CCO)N1CCCC1. The summed E-state index contributed by atoms with van der Waals surface area (Å²) in [7, 11) is 0. The van der Waals surface area contributed by atoms with E-state index in [1.54, 1.807) is 0 Å². The number of nitrogens with zero attached hydrogens (tertiary/aromatic N) is 1. The molecular weight excluding hydrogens is 250 g/mol. The average molecular weight is 277 g/mol. The molecule has 0 bridgehead atoms. The van der Waals surface area contributed by atoms with Crippen molar-refractivity contribution in [2.45, 2.75) is 45.6 Å². The predicted molar refractivity (Wildman–Crippen MR) is 82.2 cm³/mol. The highest BCUT2D eigenvalue weighted by Gasteiger charge is 2.25. The van der Waals surface area contributed by atoms with Crippen LogP contribution in [0.15, 0.2) is 18.2 Å². The van der Waals surface area contributed by atoms with Gasteiger partial charge in [-0.05, 0) is 57.3 Å². The molecule has 0 aliphatic carbocycles. The Bertz CT molecular complexity index is 413. The number of aliphatic hydroxyl groups is 1. The van der Waals surface area contributed by atoms with Crippen LogP contribution in [0.3, 0.4) is 0 Å². The van der Waals surface area contributed by atoms with Crippen molar-refractivity contribution in [2.75, 3.05) is 26.3 Å². The van der Waals surface area contributed by atoms with Gasteiger partial charge in [0, 0.05) is 18.2 Å². The summed E-state index contributed by atoms with van der Waals surface area (Å²) in [4.78, 5) is 2.49. The number of hydrogen-bond acceptors (Lipinski definition) is 3. The maximum atomic E-state index is 9.44. The lowest BCUT2D eigenvalue weighted by molar-refractivity contribution is 0.181. The van der Waals surface area contributed by atoms with Crippen molar-refractivity contribution in [1.29, 1.82) is 0 Å². The molecule has 0 spiro atoms. The summed E-state index contributed by atoms with van der Waals surface area (Å²) in [5.41, 5.74) is 2.59. The van der Waals surface area contributed by atoms with E-state index in [2.05, 4.69) is 30.0 Å². The predicted octanol–water partition coefficient (Wildman–Crippen LogP) is 3.17. The lowest BCUT2D eigenvalue weighted by atomic mass is 9.98. The lowest BCUT2D eigenvalue weighted by Crippen LogP contribution is -2.27. The molecule has 1 aliphatic rings. The van der Waals surface area contributed by atoms with Gasteiger partial charge in [0.2, 0.25) is 0 Å². The number of benzene rings is 1. The van der Waals surface area contributed by atoms with E-state index in [4.69, 9.17) is 4.74 Å². The Morgan fingerprint density at radius 2 is 2.00 bits per heavy atom. The van der Waals surface area contributed by atoms with Gasteiger partial charge in [0.25, 0.3) is 0 Å². The van der Waals surface area contributed by atoms with Gasteiger partial charge in [-0.3, -0.25) is 4.90 Å². The summed E-state index contributed by atoms with van der Waals surface area (Å²) in [6, 6.07) is 6.80. The van der Waals surface area contributed by atoms with Gasteiger partial charge in [0.05, 0.1) is 6.61 Å². The molecule has 112 valence electrons. The molecule has 1 atom stereocenters. The zero-order chi connectivity index (χ0) is 14.4. The third-order valence-electron chi connectivity index (χ3n) is 4.13. The zero-order valence-corrected chi connectivity index (χ0v) is 12.8. The molecule has 1 unspecified atom stereocenters. The van der Waals surface area contributed by atoms with Crippen LogP contribution in [0.2, 0.25) is 0 Å². The van der Waals surface area contributed by atoms with Crippen molar-refractivity contribution in [2.24, 2.45) is 0 Å². The van der Waals surface area contributed by atoms with E-state index in [0.717, 1.165) is 31.7 Å². The average Bonchev–Trinajstić information content (AvgIpc) is 2.99. The Morgan fingerprint density at radius 3 is 2.60 bits per heavy atom. The first-order valence-electron chi connectivity index (χ1n) is 7.90. The van der Waals surface area contributed by atoms with Crippen LogP contribution in [0.5, 0.6) is 5.75 Å². The van der Waals surface area contributed by atoms with E-state index < -0.39 is 0 Å². The molecule has 0 aromatic heterocycles. The van der Waals surface area contributed by atoms with Crippen molar-refractivity contribution >= 4 is 0 Å². The zero-order valence-electron chi connectivity index (χ0n) is 12.8. The van der Waals surface area contributed by atoms with Gasteiger partial charge in [0.1, 0.15) is 5.75 Å². The standard InChI is InChI=1S/C17H27NO2/c1-3-14-7-8-17(20-4-2)15(13-14)16(9-12-19)18-10-5-6-11-18/h7-8,13,16,19H,3-6,9-12H2,1-2H3. The smallest absolute Gasteiger partial charge is 0.124 e. The summed E-state index contributed by atoms with van der Waals surface area (Å²) in [5.74, 6) is 0.982. The molecular formula is C17H27NO2. The van der Waals surface area contributed by atoms with Crippen LogP contribution < -0.4 is 4.74 Å². The molecule has 2 rings (SSSR count). The summed E-state index contributed by atoms with van der Waals surface area (Å²) >= 11 is 0. The third-order valence-corrected chi connectivity index (χ3v) is 4.13. The molecule has 0 radical (unpaired) electrons. The molecule has 0 saturated carbocycles. The fourth-order valence-electron chi connectivity index (χ4n) is 3.08. The van der Waals surface area contributed by atoms with Crippen LogP contribution in [0.25, 0.3) is 0 Å². The molecule has 20 heavy (non-hydrogen) atoms. The molecule has 1 heterocycles. The second-order valence-electron chi connectivity index (χ2n) is 5.43. The van der Waals surface area contributed by atoms with E-state index in [0.29, 0.717) is 6.61 Å². The second kappa shape index (κ2) is 7.65. The van der Waals surface area contributed by atoms with Crippen LogP contribution >= 0.6 is 0 Å². The first-order chi connectivity index (χ1) is 9.80. The fraction of sp³-hybridized carbons (Fsp3) is 0.647. The summed E-state index contributed by atoms with van der Waals surface area (Å²) < 4.78 is 5.82. The largest absolute Gasteiger partial charge is 0.494 e. The van der Waals surface area contributed by atoms with Gasteiger partial charge in [-0.2, -0.15) is 0 Å². The summed E-state index contributed by atoms with van der Waals surface area (Å²) in [5, 5.41) is 9.44. The normalized spacial score (nSPS) is 17.4. The monoisotopic (exact) mass is 277 g/mol. The third kappa shape index (κ3) is 3.53. The molecule has 1 fully saturated rings. The molecule has 3 nitrogen and oxygen atoms in total. The number of rotatable bonds is 7. The van der Waals surface area contributed by atoms with E-state index in [9.17, 15) is 5.11 Å². The van der Waals surface area contributed by atoms with Crippen LogP contribution in [-0.2, 0) is 6.42 Å². The number of hydrogen-bond donors (Lipinski definition) is 1. The maximum absolute atomic E-state index is 9.44. The number of aliphatic hydroxyl groups excluding tert-OH is 1. The second-order valence-corrected chi connectivity index (χ2v) is 5.43. The molecule has 1 aromatic rings. The highest BCUT2D eigenvalue weighted by molar-refractivity contribution is 5.40. The molecule has 0 amide bonds. The van der Waals surface area contributed by atoms with Crippen LogP contribution in [0.1, 0.15) is 50.3 Å². The quantitative estimate of drug-likeness (QED) is 0.831. The molecule has 1 aromatic carbocycles. The lowest BCUT2D eigenvalue weighted by Gasteiger charge is -2.29. The van der Waals surface area contributed by atoms with Gasteiger partial charge < -0.3 is 9.84 Å². The molecule has 1 saturated heterocycles. The minimum absolute atomic E-state index is 0.225. The van der Waals surface area contributed by atoms with Gasteiger partial charge in [-0.25, -0.2) is 0 Å². The summed E-state index contributed by atoms with van der Waals surface area (Å²) in [6.45, 7) is 7.37. The van der Waals surface area contributed by atoms with E-state index in [-0.39, 0.29) is 12.6 Å². The van der Waals surface area contributed by atoms with E-state index in [1.165, 1.54) is 24.0 Å². The fourth-order valence-corrected chi connectivity index (χ4v) is 3.08. The Balaban J connectivity index is 2.32. The maximum Gasteiger partial charge on any atom is 0.124 e. The van der Waals surface area contributed by atoms with Crippen LogP contribution in [0, 0.1) is 0 Å². The highest BCUT2D eigenvalue weighted by Crippen LogP contribution is 2.34. The van der Waals surface area contributed by atoms with Crippen molar-refractivity contribution in [1.82, 2.24) is 4.90 Å². The first kappa shape index (κ1) is 15.3. The Labute approximate surface area is 122 Å². The van der Waals surface area contributed by atoms with Gasteiger partial charge >= 0.3 is 0 Å². The molecule has 3 heteroatoms. The number of likely N-dealkylation sites (tertiary alicyclic amines) is 1. The van der Waals surface area contributed by atoms with Gasteiger partial charge in [-0.1, -0.05) is 19.1 Å². The van der Waals surface area contributed by atoms with Crippen molar-refractivity contribution < 1.29 is 9.84 Å². The van der Waals surface area contributed by atoms with E-state index >= 15 is 0 Å². The Kier molecular flexibility index (Phi) is 5.86. The minimum Gasteiger partial charge on any atom is -0.494 e. The first-order valence-corrected chi connectivity index (χ1v) is 7.90. The van der Waals surface area contributed by atoms with Crippen molar-refractivity contribution in [3.8, 4) is 5.75 Å². The Morgan fingerprint density at radius 1 is 1.25 bits per heavy atom. The topological polar surface area (TPSA) is 32.7 Å².